The third-order valence-electron chi connectivity index (χ3n) is 3.50. The highest BCUT2D eigenvalue weighted by molar-refractivity contribution is 6.42. The SMILES string of the molecule is C[NH+](CC(=O)Nc1ccc(Cl)c(Cl)c1)CC(=O)Nc1ccccc1[N+](=O)[O-]. The summed E-state index contributed by atoms with van der Waals surface area (Å²) in [6, 6.07) is 10.6. The Morgan fingerprint density at radius 1 is 1.04 bits per heavy atom. The van der Waals surface area contributed by atoms with Gasteiger partial charge < -0.3 is 15.5 Å². The number of halogens is 2. The van der Waals surface area contributed by atoms with Crippen molar-refractivity contribution in [3.8, 4) is 0 Å². The van der Waals surface area contributed by atoms with Crippen molar-refractivity contribution in [2.75, 3.05) is 30.8 Å². The molecule has 0 bridgehead atoms. The maximum Gasteiger partial charge on any atom is 0.292 e. The van der Waals surface area contributed by atoms with Gasteiger partial charge in [-0.3, -0.25) is 19.7 Å². The number of quaternary nitrogens is 1. The third-order valence-corrected chi connectivity index (χ3v) is 4.24. The highest BCUT2D eigenvalue weighted by atomic mass is 35.5. The van der Waals surface area contributed by atoms with Crippen molar-refractivity contribution in [2.24, 2.45) is 0 Å². The second-order valence-corrected chi connectivity index (χ2v) is 6.62. The van der Waals surface area contributed by atoms with Crippen LogP contribution < -0.4 is 15.5 Å². The first-order valence-corrected chi connectivity index (χ1v) is 8.61. The number of nitro benzene ring substituents is 1. The van der Waals surface area contributed by atoms with Crippen LogP contribution in [0.1, 0.15) is 0 Å². The van der Waals surface area contributed by atoms with E-state index in [-0.39, 0.29) is 30.4 Å². The number of nitrogens with one attached hydrogen (secondary N) is 3. The molecule has 10 heteroatoms. The van der Waals surface area contributed by atoms with Gasteiger partial charge in [-0.05, 0) is 24.3 Å². The Hall–Kier alpha value is -2.68. The lowest BCUT2D eigenvalue weighted by atomic mass is 10.2. The van der Waals surface area contributed by atoms with Crippen molar-refractivity contribution < 1.29 is 19.4 Å². The number of likely N-dealkylation sites (N-methyl/N-ethyl adjacent to an activating group) is 1. The highest BCUT2D eigenvalue weighted by Gasteiger charge is 2.18. The number of hydrogen-bond acceptors (Lipinski definition) is 4. The maximum absolute atomic E-state index is 12.1. The molecule has 0 heterocycles. The van der Waals surface area contributed by atoms with Gasteiger partial charge in [0.25, 0.3) is 17.5 Å². The minimum Gasteiger partial charge on any atom is -0.322 e. The van der Waals surface area contributed by atoms with Crippen molar-refractivity contribution in [1.29, 1.82) is 0 Å². The average Bonchev–Trinajstić information content (AvgIpc) is 2.58. The number of benzene rings is 2. The number of hydrogen-bond donors (Lipinski definition) is 3. The fourth-order valence-corrected chi connectivity index (χ4v) is 2.62. The number of amides is 2. The van der Waals surface area contributed by atoms with Gasteiger partial charge in [-0.25, -0.2) is 0 Å². The molecule has 0 aromatic heterocycles. The molecule has 0 aliphatic rings. The van der Waals surface area contributed by atoms with Crippen LogP contribution in [0.25, 0.3) is 0 Å². The minimum absolute atomic E-state index is 0.0184. The summed E-state index contributed by atoms with van der Waals surface area (Å²) in [5.41, 5.74) is 0.410. The van der Waals surface area contributed by atoms with Gasteiger partial charge in [0.05, 0.1) is 22.0 Å². The van der Waals surface area contributed by atoms with Crippen LogP contribution in [0.2, 0.25) is 10.0 Å². The second-order valence-electron chi connectivity index (χ2n) is 5.81. The van der Waals surface area contributed by atoms with Gasteiger partial charge in [0.15, 0.2) is 13.1 Å². The van der Waals surface area contributed by atoms with Crippen molar-refractivity contribution >= 4 is 52.1 Å². The molecule has 27 heavy (non-hydrogen) atoms. The molecule has 3 N–H and O–H groups in total. The van der Waals surface area contributed by atoms with Crippen LogP contribution >= 0.6 is 23.2 Å². The van der Waals surface area contributed by atoms with Gasteiger partial charge >= 0.3 is 0 Å². The number of para-hydroxylation sites is 2. The summed E-state index contributed by atoms with van der Waals surface area (Å²) < 4.78 is 0. The van der Waals surface area contributed by atoms with Crippen LogP contribution in [0.3, 0.4) is 0 Å². The number of carbonyl (C=O) groups excluding carboxylic acids is 2. The van der Waals surface area contributed by atoms with Crippen LogP contribution in [0.5, 0.6) is 0 Å². The van der Waals surface area contributed by atoms with Crippen LogP contribution in [0.15, 0.2) is 42.5 Å². The van der Waals surface area contributed by atoms with E-state index < -0.39 is 10.8 Å². The molecule has 2 aromatic rings. The lowest BCUT2D eigenvalue weighted by Gasteiger charge is -2.14. The quantitative estimate of drug-likeness (QED) is 0.478. The highest BCUT2D eigenvalue weighted by Crippen LogP contribution is 2.25. The average molecular weight is 412 g/mol. The number of nitro groups is 1. The van der Waals surface area contributed by atoms with E-state index in [2.05, 4.69) is 10.6 Å². The molecule has 1 unspecified atom stereocenters. The standard InChI is InChI=1S/C17H16Cl2N4O4/c1-22(9-16(24)20-11-6-7-12(18)13(19)8-11)10-17(25)21-14-4-2-3-5-15(14)23(26)27/h2-8H,9-10H2,1H3,(H,20,24)(H,21,25)/p+1. The van der Waals surface area contributed by atoms with Crippen LogP contribution in [-0.2, 0) is 9.59 Å². The zero-order valence-electron chi connectivity index (χ0n) is 14.3. The zero-order valence-corrected chi connectivity index (χ0v) is 15.8. The lowest BCUT2D eigenvalue weighted by molar-refractivity contribution is -0.862. The Bertz CT molecular complexity index is 876. The monoisotopic (exact) mass is 411 g/mol. The number of nitrogens with zero attached hydrogens (tertiary/aromatic N) is 1. The molecule has 0 radical (unpaired) electrons. The molecular formula is C17H17Cl2N4O4+. The van der Waals surface area contributed by atoms with Gasteiger partial charge in [-0.1, -0.05) is 35.3 Å². The summed E-state index contributed by atoms with van der Waals surface area (Å²) >= 11 is 11.7. The Labute approximate surface area is 165 Å². The van der Waals surface area contributed by atoms with E-state index in [9.17, 15) is 19.7 Å². The molecule has 2 rings (SSSR count). The molecule has 8 nitrogen and oxygen atoms in total. The predicted molar refractivity (Wildman–Crippen MR) is 103 cm³/mol. The van der Waals surface area contributed by atoms with Crippen molar-refractivity contribution in [3.05, 3.63) is 62.6 Å². The van der Waals surface area contributed by atoms with E-state index in [0.29, 0.717) is 20.6 Å². The normalized spacial score (nSPS) is 11.5. The summed E-state index contributed by atoms with van der Waals surface area (Å²) in [5, 5.41) is 16.8. The van der Waals surface area contributed by atoms with E-state index in [1.807, 2.05) is 0 Å². The molecule has 0 saturated heterocycles. The molecule has 2 amide bonds. The van der Waals surface area contributed by atoms with Crippen molar-refractivity contribution in [3.63, 3.8) is 0 Å². The number of rotatable bonds is 7. The third kappa shape index (κ3) is 6.21. The van der Waals surface area contributed by atoms with Crippen molar-refractivity contribution in [1.82, 2.24) is 0 Å². The molecule has 0 fully saturated rings. The van der Waals surface area contributed by atoms with E-state index in [0.717, 1.165) is 0 Å². The number of carbonyl (C=O) groups is 2. The summed E-state index contributed by atoms with van der Waals surface area (Å²) in [6.07, 6.45) is 0. The Kier molecular flexibility index (Phi) is 7.12. The van der Waals surface area contributed by atoms with E-state index >= 15 is 0 Å². The fourth-order valence-electron chi connectivity index (χ4n) is 2.32. The summed E-state index contributed by atoms with van der Waals surface area (Å²) in [6.45, 7) is -0.0224. The molecule has 0 aliphatic heterocycles. The summed E-state index contributed by atoms with van der Waals surface area (Å²) in [5.74, 6) is -0.756. The first-order chi connectivity index (χ1) is 12.8. The maximum atomic E-state index is 12.1. The van der Waals surface area contributed by atoms with Crippen LogP contribution in [-0.4, -0.2) is 36.9 Å². The van der Waals surface area contributed by atoms with Crippen LogP contribution in [0.4, 0.5) is 17.1 Å². The van der Waals surface area contributed by atoms with Crippen molar-refractivity contribution in [2.45, 2.75) is 0 Å². The Balaban J connectivity index is 1.88. The van der Waals surface area contributed by atoms with Gasteiger partial charge in [0.2, 0.25) is 0 Å². The molecule has 0 aliphatic carbocycles. The molecule has 1 atom stereocenters. The van der Waals surface area contributed by atoms with Gasteiger partial charge in [-0.15, -0.1) is 0 Å². The summed E-state index contributed by atoms with van der Waals surface area (Å²) in [4.78, 5) is 35.2. The Morgan fingerprint density at radius 3 is 2.30 bits per heavy atom. The van der Waals surface area contributed by atoms with Gasteiger partial charge in [0.1, 0.15) is 5.69 Å². The largest absolute Gasteiger partial charge is 0.322 e. The topological polar surface area (TPSA) is 106 Å². The molecule has 142 valence electrons. The molecule has 0 saturated carbocycles. The predicted octanol–water partition coefficient (Wildman–Crippen LogP) is 1.99. The molecule has 2 aromatic carbocycles. The lowest BCUT2D eigenvalue weighted by Crippen LogP contribution is -3.11. The van der Waals surface area contributed by atoms with Crippen LogP contribution in [0, 0.1) is 10.1 Å². The smallest absolute Gasteiger partial charge is 0.292 e. The molecular weight excluding hydrogens is 395 g/mol. The van der Waals surface area contributed by atoms with Gasteiger partial charge in [0, 0.05) is 11.8 Å². The van der Waals surface area contributed by atoms with Gasteiger partial charge in [-0.2, -0.15) is 0 Å². The zero-order chi connectivity index (χ0) is 20.0. The second kappa shape index (κ2) is 9.31. The molecule has 0 spiro atoms. The Morgan fingerprint density at radius 2 is 1.67 bits per heavy atom. The first kappa shape index (κ1) is 20.6. The fraction of sp³-hybridized carbons (Fsp3) is 0.176. The van der Waals surface area contributed by atoms with E-state index in [1.54, 1.807) is 25.2 Å². The number of anilines is 2. The first-order valence-electron chi connectivity index (χ1n) is 7.85. The minimum atomic E-state index is -0.573. The van der Waals surface area contributed by atoms with E-state index in [4.69, 9.17) is 23.2 Å². The summed E-state index contributed by atoms with van der Waals surface area (Å²) in [7, 11) is 1.66. The van der Waals surface area contributed by atoms with E-state index in [1.165, 1.54) is 24.3 Å².